The van der Waals surface area contributed by atoms with Crippen LogP contribution < -0.4 is 5.32 Å². The Balaban J connectivity index is 2.34. The Kier molecular flexibility index (Phi) is 4.27. The lowest BCUT2D eigenvalue weighted by molar-refractivity contribution is -0.126. The lowest BCUT2D eigenvalue weighted by Gasteiger charge is -2.32. The van der Waals surface area contributed by atoms with Gasteiger partial charge in [-0.15, -0.1) is 11.3 Å². The van der Waals surface area contributed by atoms with Crippen LogP contribution >= 0.6 is 11.3 Å². The maximum atomic E-state index is 12.6. The lowest BCUT2D eigenvalue weighted by Crippen LogP contribution is -2.56. The minimum atomic E-state index is -3.55. The summed E-state index contributed by atoms with van der Waals surface area (Å²) in [7, 11) is -3.55. The van der Waals surface area contributed by atoms with Crippen LogP contribution in [0.5, 0.6) is 0 Å². The van der Waals surface area contributed by atoms with E-state index in [0.29, 0.717) is 23.7 Å². The van der Waals surface area contributed by atoms with Gasteiger partial charge in [-0.2, -0.15) is 4.31 Å². The van der Waals surface area contributed by atoms with Gasteiger partial charge in [-0.25, -0.2) is 8.42 Å². The zero-order valence-electron chi connectivity index (χ0n) is 11.0. The van der Waals surface area contributed by atoms with Crippen LogP contribution in [0, 0.1) is 0 Å². The highest BCUT2D eigenvalue weighted by molar-refractivity contribution is 7.91. The number of amides is 1. The predicted molar refractivity (Wildman–Crippen MR) is 74.7 cm³/mol. The first-order valence-corrected chi connectivity index (χ1v) is 8.64. The van der Waals surface area contributed by atoms with E-state index in [1.165, 1.54) is 15.6 Å². The van der Waals surface area contributed by atoms with Crippen LogP contribution in [-0.2, 0) is 21.2 Å². The molecule has 0 aliphatic carbocycles. The molecule has 1 saturated heterocycles. The third-order valence-corrected chi connectivity index (χ3v) is 6.82. The van der Waals surface area contributed by atoms with Crippen molar-refractivity contribution in [3.8, 4) is 0 Å². The normalized spacial score (nSPS) is 21.4. The van der Waals surface area contributed by atoms with E-state index in [9.17, 15) is 13.2 Å². The molecule has 2 heterocycles. The minimum Gasteiger partial charge on any atom is -0.353 e. The molecule has 106 valence electrons. The molecule has 0 bridgehead atoms. The number of hydrogen-bond donors (Lipinski definition) is 1. The second kappa shape index (κ2) is 5.60. The molecule has 1 N–H and O–H groups in total. The number of nitrogens with one attached hydrogen (secondary N) is 1. The Hall–Kier alpha value is -0.920. The molecule has 1 aromatic rings. The van der Waals surface area contributed by atoms with Crippen molar-refractivity contribution in [1.82, 2.24) is 9.62 Å². The van der Waals surface area contributed by atoms with Gasteiger partial charge >= 0.3 is 0 Å². The van der Waals surface area contributed by atoms with E-state index in [-0.39, 0.29) is 5.91 Å². The summed E-state index contributed by atoms with van der Waals surface area (Å²) in [4.78, 5) is 12.8. The smallest absolute Gasteiger partial charge is 0.253 e. The number of piperazine rings is 1. The molecule has 0 aromatic carbocycles. The van der Waals surface area contributed by atoms with Crippen molar-refractivity contribution in [2.45, 2.75) is 36.9 Å². The molecule has 0 radical (unpaired) electrons. The summed E-state index contributed by atoms with van der Waals surface area (Å²) in [6.45, 7) is 4.53. The van der Waals surface area contributed by atoms with Crippen molar-refractivity contribution in [2.24, 2.45) is 0 Å². The molecule has 1 aromatic heterocycles. The first kappa shape index (κ1) is 14.5. The lowest BCUT2D eigenvalue weighted by atomic mass is 10.2. The maximum Gasteiger partial charge on any atom is 0.253 e. The fourth-order valence-corrected chi connectivity index (χ4v) is 5.26. The van der Waals surface area contributed by atoms with Gasteiger partial charge in [0, 0.05) is 18.0 Å². The Morgan fingerprint density at radius 1 is 1.42 bits per heavy atom. The minimum absolute atomic E-state index is 0.204. The zero-order chi connectivity index (χ0) is 14.0. The molecule has 0 spiro atoms. The Morgan fingerprint density at radius 3 is 2.74 bits per heavy atom. The largest absolute Gasteiger partial charge is 0.353 e. The average Bonchev–Trinajstić information content (AvgIpc) is 2.87. The number of nitrogens with zero attached hydrogens (tertiary/aromatic N) is 1. The van der Waals surface area contributed by atoms with E-state index in [1.54, 1.807) is 6.07 Å². The Bertz CT molecular complexity index is 565. The van der Waals surface area contributed by atoms with Crippen LogP contribution in [0.3, 0.4) is 0 Å². The van der Waals surface area contributed by atoms with E-state index in [4.69, 9.17) is 0 Å². The standard InChI is InChI=1S/C12H18N2O3S2/c1-3-9-5-6-11(18-9)19(16,17)14-8-7-13-12(15)10(14)4-2/h5-6,10H,3-4,7-8H2,1-2H3,(H,13,15). The molecule has 1 unspecified atom stereocenters. The number of aryl methyl sites for hydroxylation is 1. The Morgan fingerprint density at radius 2 is 2.16 bits per heavy atom. The molecule has 1 atom stereocenters. The van der Waals surface area contributed by atoms with Crippen LogP contribution in [0.4, 0.5) is 0 Å². The molecule has 1 aliphatic rings. The highest BCUT2D eigenvalue weighted by Gasteiger charge is 2.37. The second-order valence-corrected chi connectivity index (χ2v) is 7.69. The van der Waals surface area contributed by atoms with Gasteiger partial charge in [0.2, 0.25) is 5.91 Å². The van der Waals surface area contributed by atoms with Gasteiger partial charge in [-0.1, -0.05) is 13.8 Å². The summed E-state index contributed by atoms with van der Waals surface area (Å²) in [5, 5.41) is 2.71. The fraction of sp³-hybridized carbons (Fsp3) is 0.583. The molecular formula is C12H18N2O3S2. The first-order valence-electron chi connectivity index (χ1n) is 6.39. The van der Waals surface area contributed by atoms with Gasteiger partial charge in [0.1, 0.15) is 10.3 Å². The van der Waals surface area contributed by atoms with E-state index in [2.05, 4.69) is 5.32 Å². The van der Waals surface area contributed by atoms with E-state index >= 15 is 0 Å². The molecule has 2 rings (SSSR count). The van der Waals surface area contributed by atoms with Gasteiger partial charge < -0.3 is 5.32 Å². The summed E-state index contributed by atoms with van der Waals surface area (Å²) in [5.41, 5.74) is 0. The summed E-state index contributed by atoms with van der Waals surface area (Å²) in [6, 6.07) is 2.88. The Labute approximate surface area is 117 Å². The number of rotatable bonds is 4. The summed E-state index contributed by atoms with van der Waals surface area (Å²) in [6.07, 6.45) is 1.30. The number of sulfonamides is 1. The van der Waals surface area contributed by atoms with Crippen molar-refractivity contribution in [2.75, 3.05) is 13.1 Å². The molecule has 19 heavy (non-hydrogen) atoms. The summed E-state index contributed by atoms with van der Waals surface area (Å²) >= 11 is 1.29. The number of carbonyl (C=O) groups excluding carboxylic acids is 1. The van der Waals surface area contributed by atoms with Gasteiger partial charge in [-0.3, -0.25) is 4.79 Å². The van der Waals surface area contributed by atoms with Crippen molar-refractivity contribution < 1.29 is 13.2 Å². The summed E-state index contributed by atoms with van der Waals surface area (Å²) in [5.74, 6) is -0.204. The SMILES string of the molecule is CCc1ccc(S(=O)(=O)N2CCNC(=O)C2CC)s1. The van der Waals surface area contributed by atoms with Crippen LogP contribution in [-0.4, -0.2) is 37.8 Å². The molecular weight excluding hydrogens is 284 g/mol. The number of hydrogen-bond acceptors (Lipinski definition) is 4. The quantitative estimate of drug-likeness (QED) is 0.909. The maximum absolute atomic E-state index is 12.6. The van der Waals surface area contributed by atoms with Crippen molar-refractivity contribution >= 4 is 27.3 Å². The zero-order valence-corrected chi connectivity index (χ0v) is 12.7. The molecule has 5 nitrogen and oxygen atoms in total. The topological polar surface area (TPSA) is 66.5 Å². The van der Waals surface area contributed by atoms with E-state index in [1.807, 2.05) is 19.9 Å². The molecule has 1 fully saturated rings. The average molecular weight is 302 g/mol. The van der Waals surface area contributed by atoms with Crippen LogP contribution in [0.2, 0.25) is 0 Å². The van der Waals surface area contributed by atoms with E-state index < -0.39 is 16.1 Å². The third-order valence-electron chi connectivity index (χ3n) is 3.22. The van der Waals surface area contributed by atoms with Gasteiger partial charge in [0.25, 0.3) is 10.0 Å². The van der Waals surface area contributed by atoms with E-state index in [0.717, 1.165) is 11.3 Å². The van der Waals surface area contributed by atoms with Gasteiger partial charge in [-0.05, 0) is 25.0 Å². The molecule has 1 amide bonds. The van der Waals surface area contributed by atoms with Crippen LogP contribution in [0.15, 0.2) is 16.3 Å². The molecule has 1 aliphatic heterocycles. The molecule has 7 heteroatoms. The molecule has 0 saturated carbocycles. The highest BCUT2D eigenvalue weighted by atomic mass is 32.2. The van der Waals surface area contributed by atoms with Crippen LogP contribution in [0.1, 0.15) is 25.1 Å². The highest BCUT2D eigenvalue weighted by Crippen LogP contribution is 2.27. The van der Waals surface area contributed by atoms with Gasteiger partial charge in [0.05, 0.1) is 0 Å². The predicted octanol–water partition coefficient (Wildman–Crippen LogP) is 1.21. The second-order valence-electron chi connectivity index (χ2n) is 4.41. The fourth-order valence-electron chi connectivity index (χ4n) is 2.17. The van der Waals surface area contributed by atoms with Crippen molar-refractivity contribution in [3.05, 3.63) is 17.0 Å². The number of carbonyl (C=O) groups is 1. The van der Waals surface area contributed by atoms with Crippen LogP contribution in [0.25, 0.3) is 0 Å². The van der Waals surface area contributed by atoms with Gasteiger partial charge in [0.15, 0.2) is 0 Å². The first-order chi connectivity index (χ1) is 9.00. The van der Waals surface area contributed by atoms with Crippen molar-refractivity contribution in [1.29, 1.82) is 0 Å². The van der Waals surface area contributed by atoms with Crippen molar-refractivity contribution in [3.63, 3.8) is 0 Å². The summed E-state index contributed by atoms with van der Waals surface area (Å²) < 4.78 is 26.8. The number of thiophene rings is 1. The monoisotopic (exact) mass is 302 g/mol. The third kappa shape index (κ3) is 2.68.